The molecule has 3 heteroatoms. The SMILES string of the molecule is COCC(C)CC(NN)c1cccc(CC(C)C)c1. The second-order valence-corrected chi connectivity index (χ2v) is 5.86. The van der Waals surface area contributed by atoms with Crippen molar-refractivity contribution in [3.05, 3.63) is 35.4 Å². The molecule has 0 aliphatic carbocycles. The molecule has 3 nitrogen and oxygen atoms in total. The predicted molar refractivity (Wildman–Crippen MR) is 80.7 cm³/mol. The molecule has 2 atom stereocenters. The van der Waals surface area contributed by atoms with Crippen LogP contribution in [0.5, 0.6) is 0 Å². The summed E-state index contributed by atoms with van der Waals surface area (Å²) in [7, 11) is 1.74. The largest absolute Gasteiger partial charge is 0.384 e. The van der Waals surface area contributed by atoms with Crippen LogP contribution >= 0.6 is 0 Å². The van der Waals surface area contributed by atoms with Gasteiger partial charge in [0.1, 0.15) is 0 Å². The summed E-state index contributed by atoms with van der Waals surface area (Å²) in [6.45, 7) is 7.44. The molecule has 0 fully saturated rings. The van der Waals surface area contributed by atoms with Crippen molar-refractivity contribution in [1.82, 2.24) is 5.43 Å². The van der Waals surface area contributed by atoms with Crippen LogP contribution in [0.25, 0.3) is 0 Å². The van der Waals surface area contributed by atoms with E-state index in [1.807, 2.05) is 0 Å². The molecule has 1 aromatic carbocycles. The normalized spacial score (nSPS) is 14.6. The van der Waals surface area contributed by atoms with Gasteiger partial charge < -0.3 is 4.74 Å². The zero-order valence-corrected chi connectivity index (χ0v) is 12.6. The minimum Gasteiger partial charge on any atom is -0.384 e. The molecule has 0 heterocycles. The van der Waals surface area contributed by atoms with E-state index >= 15 is 0 Å². The predicted octanol–water partition coefficient (Wildman–Crippen LogP) is 3.06. The monoisotopic (exact) mass is 264 g/mol. The molecule has 0 aliphatic heterocycles. The van der Waals surface area contributed by atoms with E-state index in [1.54, 1.807) is 7.11 Å². The number of methoxy groups -OCH3 is 1. The molecule has 0 amide bonds. The van der Waals surface area contributed by atoms with Gasteiger partial charge in [0.2, 0.25) is 0 Å². The zero-order valence-electron chi connectivity index (χ0n) is 12.6. The maximum atomic E-state index is 5.71. The van der Waals surface area contributed by atoms with Crippen LogP contribution in [0.15, 0.2) is 24.3 Å². The highest BCUT2D eigenvalue weighted by atomic mass is 16.5. The van der Waals surface area contributed by atoms with Crippen LogP contribution in [0.3, 0.4) is 0 Å². The van der Waals surface area contributed by atoms with Gasteiger partial charge in [-0.2, -0.15) is 0 Å². The highest BCUT2D eigenvalue weighted by Crippen LogP contribution is 2.22. The smallest absolute Gasteiger partial charge is 0.0488 e. The first-order valence-corrected chi connectivity index (χ1v) is 7.10. The number of hydrogen-bond acceptors (Lipinski definition) is 3. The van der Waals surface area contributed by atoms with Gasteiger partial charge in [-0.05, 0) is 35.8 Å². The quantitative estimate of drug-likeness (QED) is 0.560. The summed E-state index contributed by atoms with van der Waals surface area (Å²) < 4.78 is 5.19. The Bertz CT molecular complexity index is 366. The number of benzene rings is 1. The van der Waals surface area contributed by atoms with Gasteiger partial charge in [0.15, 0.2) is 0 Å². The lowest BCUT2D eigenvalue weighted by Crippen LogP contribution is -2.30. The van der Waals surface area contributed by atoms with Crippen LogP contribution in [0.4, 0.5) is 0 Å². The van der Waals surface area contributed by atoms with Crippen LogP contribution in [-0.2, 0) is 11.2 Å². The third-order valence-electron chi connectivity index (χ3n) is 3.29. The number of rotatable bonds is 8. The molecule has 0 saturated carbocycles. The molecule has 3 N–H and O–H groups in total. The van der Waals surface area contributed by atoms with E-state index in [-0.39, 0.29) is 6.04 Å². The Balaban J connectivity index is 2.74. The Morgan fingerprint density at radius 1 is 1.26 bits per heavy atom. The fraction of sp³-hybridized carbons (Fsp3) is 0.625. The summed E-state index contributed by atoms with van der Waals surface area (Å²) in [5, 5.41) is 0. The number of ether oxygens (including phenoxy) is 1. The van der Waals surface area contributed by atoms with Crippen molar-refractivity contribution in [3.8, 4) is 0 Å². The van der Waals surface area contributed by atoms with Crippen LogP contribution in [-0.4, -0.2) is 13.7 Å². The lowest BCUT2D eigenvalue weighted by molar-refractivity contribution is 0.149. The second-order valence-electron chi connectivity index (χ2n) is 5.86. The van der Waals surface area contributed by atoms with E-state index in [0.29, 0.717) is 11.8 Å². The van der Waals surface area contributed by atoms with E-state index < -0.39 is 0 Å². The van der Waals surface area contributed by atoms with Gasteiger partial charge in [0, 0.05) is 19.8 Å². The second kappa shape index (κ2) is 8.31. The van der Waals surface area contributed by atoms with Crippen molar-refractivity contribution in [3.63, 3.8) is 0 Å². The molecule has 19 heavy (non-hydrogen) atoms. The molecular weight excluding hydrogens is 236 g/mol. The van der Waals surface area contributed by atoms with Gasteiger partial charge in [-0.25, -0.2) is 0 Å². The number of hydrogen-bond donors (Lipinski definition) is 2. The summed E-state index contributed by atoms with van der Waals surface area (Å²) in [6.07, 6.45) is 2.09. The zero-order chi connectivity index (χ0) is 14.3. The standard InChI is InChI=1S/C16H28N2O/c1-12(2)8-14-6-5-7-15(10-14)16(18-17)9-13(3)11-19-4/h5-7,10,12-13,16,18H,8-9,11,17H2,1-4H3. The van der Waals surface area contributed by atoms with Crippen LogP contribution < -0.4 is 11.3 Å². The molecule has 0 aliphatic rings. The lowest BCUT2D eigenvalue weighted by Gasteiger charge is -2.21. The van der Waals surface area contributed by atoms with Crippen molar-refractivity contribution in [2.75, 3.05) is 13.7 Å². The Morgan fingerprint density at radius 2 is 2.00 bits per heavy atom. The average Bonchev–Trinajstić information content (AvgIpc) is 2.35. The third kappa shape index (κ3) is 5.72. The fourth-order valence-electron chi connectivity index (χ4n) is 2.46. The summed E-state index contributed by atoms with van der Waals surface area (Å²) >= 11 is 0. The van der Waals surface area contributed by atoms with E-state index in [1.165, 1.54) is 11.1 Å². The van der Waals surface area contributed by atoms with Crippen molar-refractivity contribution in [2.24, 2.45) is 17.7 Å². The maximum absolute atomic E-state index is 5.71. The van der Waals surface area contributed by atoms with Gasteiger partial charge >= 0.3 is 0 Å². The van der Waals surface area contributed by atoms with Gasteiger partial charge in [-0.1, -0.05) is 45.0 Å². The molecular formula is C16H28N2O. The Morgan fingerprint density at radius 3 is 2.58 bits per heavy atom. The minimum atomic E-state index is 0.192. The van der Waals surface area contributed by atoms with E-state index in [9.17, 15) is 0 Å². The molecule has 108 valence electrons. The van der Waals surface area contributed by atoms with Gasteiger partial charge in [0.25, 0.3) is 0 Å². The average molecular weight is 264 g/mol. The van der Waals surface area contributed by atoms with Crippen LogP contribution in [0, 0.1) is 11.8 Å². The summed E-state index contributed by atoms with van der Waals surface area (Å²) in [5.41, 5.74) is 5.58. The molecule has 0 bridgehead atoms. The van der Waals surface area contributed by atoms with Gasteiger partial charge in [-0.3, -0.25) is 11.3 Å². The lowest BCUT2D eigenvalue weighted by atomic mass is 9.94. The van der Waals surface area contributed by atoms with Crippen molar-refractivity contribution in [1.29, 1.82) is 0 Å². The summed E-state index contributed by atoms with van der Waals surface area (Å²) in [5.74, 6) is 6.87. The number of nitrogens with two attached hydrogens (primary N) is 1. The molecule has 0 radical (unpaired) electrons. The number of nitrogens with one attached hydrogen (secondary N) is 1. The van der Waals surface area contributed by atoms with E-state index in [0.717, 1.165) is 19.4 Å². The first-order chi connectivity index (χ1) is 9.06. The van der Waals surface area contributed by atoms with Gasteiger partial charge in [-0.15, -0.1) is 0 Å². The summed E-state index contributed by atoms with van der Waals surface area (Å²) in [6, 6.07) is 8.92. The van der Waals surface area contributed by atoms with Crippen molar-refractivity contribution >= 4 is 0 Å². The maximum Gasteiger partial charge on any atom is 0.0488 e. The fourth-order valence-corrected chi connectivity index (χ4v) is 2.46. The molecule has 0 spiro atoms. The topological polar surface area (TPSA) is 47.3 Å². The van der Waals surface area contributed by atoms with Gasteiger partial charge in [0.05, 0.1) is 0 Å². The van der Waals surface area contributed by atoms with Crippen LogP contribution in [0.2, 0.25) is 0 Å². The molecule has 0 aromatic heterocycles. The van der Waals surface area contributed by atoms with Crippen molar-refractivity contribution in [2.45, 2.75) is 39.7 Å². The van der Waals surface area contributed by atoms with E-state index in [4.69, 9.17) is 10.6 Å². The molecule has 1 aromatic rings. The highest BCUT2D eigenvalue weighted by Gasteiger charge is 2.14. The third-order valence-corrected chi connectivity index (χ3v) is 3.29. The first-order valence-electron chi connectivity index (χ1n) is 7.10. The molecule has 0 saturated heterocycles. The highest BCUT2D eigenvalue weighted by molar-refractivity contribution is 5.26. The Labute approximate surface area is 117 Å². The Hall–Kier alpha value is -0.900. The Kier molecular flexibility index (Phi) is 7.06. The first kappa shape index (κ1) is 16.2. The molecule has 2 unspecified atom stereocenters. The minimum absolute atomic E-state index is 0.192. The van der Waals surface area contributed by atoms with Crippen LogP contribution in [0.1, 0.15) is 44.4 Å². The van der Waals surface area contributed by atoms with E-state index in [2.05, 4.69) is 50.5 Å². The molecule has 1 rings (SSSR count). The number of hydrazine groups is 1. The summed E-state index contributed by atoms with van der Waals surface area (Å²) in [4.78, 5) is 0. The van der Waals surface area contributed by atoms with Crippen molar-refractivity contribution < 1.29 is 4.74 Å².